The van der Waals surface area contributed by atoms with Crippen LogP contribution in [0.25, 0.3) is 0 Å². The summed E-state index contributed by atoms with van der Waals surface area (Å²) in [7, 11) is 0. The highest BCUT2D eigenvalue weighted by Crippen LogP contribution is 2.29. The van der Waals surface area contributed by atoms with Crippen molar-refractivity contribution in [2.45, 2.75) is 19.3 Å². The number of nitrogens with two attached hydrogens (primary N) is 2. The summed E-state index contributed by atoms with van der Waals surface area (Å²) in [5.74, 6) is 0.388. The Morgan fingerprint density at radius 3 is 2.18 bits per heavy atom. The fraction of sp³-hybridized carbons (Fsp3) is 0.200. The van der Waals surface area contributed by atoms with E-state index in [1.165, 1.54) is 11.1 Å². The van der Waals surface area contributed by atoms with E-state index in [-0.39, 0.29) is 0 Å². The van der Waals surface area contributed by atoms with Gasteiger partial charge in [0.1, 0.15) is 0 Å². The Balaban J connectivity index is 2.36. The van der Waals surface area contributed by atoms with E-state index >= 15 is 0 Å². The van der Waals surface area contributed by atoms with E-state index in [4.69, 9.17) is 11.5 Å². The van der Waals surface area contributed by atoms with E-state index in [0.717, 1.165) is 17.8 Å². The highest BCUT2D eigenvalue weighted by molar-refractivity contribution is 5.46. The number of rotatable bonds is 3. The topological polar surface area (TPSA) is 52.0 Å². The minimum atomic E-state index is 0.388. The predicted molar refractivity (Wildman–Crippen MR) is 73.8 cm³/mol. The van der Waals surface area contributed by atoms with Crippen molar-refractivity contribution >= 4 is 11.4 Å². The minimum absolute atomic E-state index is 0.388. The zero-order valence-electron chi connectivity index (χ0n) is 10.1. The highest BCUT2D eigenvalue weighted by Gasteiger charge is 2.11. The molecule has 1 unspecified atom stereocenters. The summed E-state index contributed by atoms with van der Waals surface area (Å²) in [5.41, 5.74) is 15.7. The average Bonchev–Trinajstić information content (AvgIpc) is 2.33. The summed E-state index contributed by atoms with van der Waals surface area (Å²) in [4.78, 5) is 0. The van der Waals surface area contributed by atoms with Crippen molar-refractivity contribution in [2.75, 3.05) is 11.5 Å². The first-order valence-corrected chi connectivity index (χ1v) is 5.91. The lowest BCUT2D eigenvalue weighted by Crippen LogP contribution is -2.00. The molecule has 2 aromatic carbocycles. The van der Waals surface area contributed by atoms with Crippen LogP contribution in [0, 0.1) is 0 Å². The SMILES string of the molecule is CCC(c1ccc(N)cc1)c1cccc(N)c1. The van der Waals surface area contributed by atoms with Gasteiger partial charge in [0.05, 0.1) is 0 Å². The lowest BCUT2D eigenvalue weighted by atomic mass is 9.89. The lowest BCUT2D eigenvalue weighted by molar-refractivity contribution is 0.778. The zero-order valence-corrected chi connectivity index (χ0v) is 10.1. The Bertz CT molecular complexity index is 489. The van der Waals surface area contributed by atoms with Gasteiger partial charge in [0.15, 0.2) is 0 Å². The summed E-state index contributed by atoms with van der Waals surface area (Å²) < 4.78 is 0. The van der Waals surface area contributed by atoms with Crippen molar-refractivity contribution in [3.8, 4) is 0 Å². The lowest BCUT2D eigenvalue weighted by Gasteiger charge is -2.16. The molecule has 0 spiro atoms. The van der Waals surface area contributed by atoms with Crippen molar-refractivity contribution in [2.24, 2.45) is 0 Å². The maximum absolute atomic E-state index is 5.83. The smallest absolute Gasteiger partial charge is 0.0316 e. The Kier molecular flexibility index (Phi) is 3.33. The number of anilines is 2. The molecule has 4 N–H and O–H groups in total. The molecule has 88 valence electrons. The van der Waals surface area contributed by atoms with E-state index in [1.807, 2.05) is 30.3 Å². The predicted octanol–water partition coefficient (Wildman–Crippen LogP) is 3.39. The molecular weight excluding hydrogens is 208 g/mol. The summed E-state index contributed by atoms with van der Waals surface area (Å²) >= 11 is 0. The number of nitrogen functional groups attached to an aromatic ring is 2. The van der Waals surface area contributed by atoms with Gasteiger partial charge in [-0.25, -0.2) is 0 Å². The monoisotopic (exact) mass is 226 g/mol. The van der Waals surface area contributed by atoms with Crippen molar-refractivity contribution < 1.29 is 0 Å². The van der Waals surface area contributed by atoms with E-state index in [1.54, 1.807) is 0 Å². The second-order valence-corrected chi connectivity index (χ2v) is 4.30. The molecule has 0 heterocycles. The summed E-state index contributed by atoms with van der Waals surface area (Å²) in [5, 5.41) is 0. The summed E-state index contributed by atoms with van der Waals surface area (Å²) in [6.07, 6.45) is 1.05. The maximum Gasteiger partial charge on any atom is 0.0316 e. The van der Waals surface area contributed by atoms with Gasteiger partial charge in [-0.2, -0.15) is 0 Å². The largest absolute Gasteiger partial charge is 0.399 e. The van der Waals surface area contributed by atoms with Gasteiger partial charge < -0.3 is 11.5 Å². The molecule has 17 heavy (non-hydrogen) atoms. The van der Waals surface area contributed by atoms with Crippen LogP contribution in [0.5, 0.6) is 0 Å². The summed E-state index contributed by atoms with van der Waals surface area (Å²) in [6.45, 7) is 2.18. The standard InChI is InChI=1S/C15H18N2/c1-2-15(11-6-8-13(16)9-7-11)12-4-3-5-14(17)10-12/h3-10,15H,2,16-17H2,1H3. The van der Waals surface area contributed by atoms with Gasteiger partial charge >= 0.3 is 0 Å². The van der Waals surface area contributed by atoms with Crippen LogP contribution >= 0.6 is 0 Å². The third-order valence-corrected chi connectivity index (χ3v) is 3.06. The molecule has 2 aromatic rings. The Hall–Kier alpha value is -1.96. The second kappa shape index (κ2) is 4.91. The fourth-order valence-electron chi connectivity index (χ4n) is 2.17. The van der Waals surface area contributed by atoms with Crippen LogP contribution in [0.1, 0.15) is 30.4 Å². The van der Waals surface area contributed by atoms with E-state index in [9.17, 15) is 0 Å². The zero-order chi connectivity index (χ0) is 12.3. The molecule has 0 aromatic heterocycles. The third-order valence-electron chi connectivity index (χ3n) is 3.06. The molecule has 0 aliphatic rings. The average molecular weight is 226 g/mol. The fourth-order valence-corrected chi connectivity index (χ4v) is 2.17. The van der Waals surface area contributed by atoms with Crippen LogP contribution in [0.3, 0.4) is 0 Å². The van der Waals surface area contributed by atoms with Gasteiger partial charge in [-0.15, -0.1) is 0 Å². The molecule has 0 amide bonds. The number of benzene rings is 2. The first-order chi connectivity index (χ1) is 8.20. The van der Waals surface area contributed by atoms with Crippen LogP contribution in [0.15, 0.2) is 48.5 Å². The van der Waals surface area contributed by atoms with E-state index < -0.39 is 0 Å². The molecule has 2 heteroatoms. The molecule has 2 nitrogen and oxygen atoms in total. The minimum Gasteiger partial charge on any atom is -0.399 e. The molecule has 1 atom stereocenters. The molecule has 0 radical (unpaired) electrons. The van der Waals surface area contributed by atoms with Gasteiger partial charge in [0.25, 0.3) is 0 Å². The third kappa shape index (κ3) is 2.59. The van der Waals surface area contributed by atoms with Gasteiger partial charge in [-0.05, 0) is 41.8 Å². The molecule has 0 aliphatic carbocycles. The highest BCUT2D eigenvalue weighted by atomic mass is 14.5. The van der Waals surface area contributed by atoms with Crippen LogP contribution in [0.4, 0.5) is 11.4 Å². The quantitative estimate of drug-likeness (QED) is 0.788. The molecule has 0 fully saturated rings. The van der Waals surface area contributed by atoms with Crippen LogP contribution in [-0.4, -0.2) is 0 Å². The molecule has 0 saturated heterocycles. The second-order valence-electron chi connectivity index (χ2n) is 4.30. The number of hydrogen-bond acceptors (Lipinski definition) is 2. The van der Waals surface area contributed by atoms with Crippen molar-refractivity contribution in [1.29, 1.82) is 0 Å². The van der Waals surface area contributed by atoms with Crippen molar-refractivity contribution in [3.05, 3.63) is 59.7 Å². The van der Waals surface area contributed by atoms with Gasteiger partial charge in [0.2, 0.25) is 0 Å². The number of hydrogen-bond donors (Lipinski definition) is 2. The molecule has 0 bridgehead atoms. The van der Waals surface area contributed by atoms with Crippen LogP contribution < -0.4 is 11.5 Å². The van der Waals surface area contributed by atoms with Crippen LogP contribution in [-0.2, 0) is 0 Å². The van der Waals surface area contributed by atoms with Crippen molar-refractivity contribution in [1.82, 2.24) is 0 Å². The van der Waals surface area contributed by atoms with Gasteiger partial charge in [0, 0.05) is 17.3 Å². The first-order valence-electron chi connectivity index (χ1n) is 5.91. The Morgan fingerprint density at radius 1 is 0.882 bits per heavy atom. The first kappa shape index (κ1) is 11.5. The van der Waals surface area contributed by atoms with Crippen molar-refractivity contribution in [3.63, 3.8) is 0 Å². The van der Waals surface area contributed by atoms with E-state index in [0.29, 0.717) is 5.92 Å². The summed E-state index contributed by atoms with van der Waals surface area (Å²) in [6, 6.07) is 16.2. The molecule has 0 saturated carbocycles. The van der Waals surface area contributed by atoms with Gasteiger partial charge in [-0.1, -0.05) is 31.2 Å². The normalized spacial score (nSPS) is 12.3. The van der Waals surface area contributed by atoms with Crippen LogP contribution in [0.2, 0.25) is 0 Å². The molecule has 2 rings (SSSR count). The Morgan fingerprint density at radius 2 is 1.59 bits per heavy atom. The molecule has 0 aliphatic heterocycles. The molecular formula is C15H18N2. The Labute approximate surface area is 102 Å². The van der Waals surface area contributed by atoms with E-state index in [2.05, 4.69) is 25.1 Å². The maximum atomic E-state index is 5.83. The van der Waals surface area contributed by atoms with Gasteiger partial charge in [-0.3, -0.25) is 0 Å².